The second-order valence-corrected chi connectivity index (χ2v) is 22.8. The zero-order valence-electron chi connectivity index (χ0n) is 49.1. The van der Waals surface area contributed by atoms with Gasteiger partial charge in [0.05, 0.1) is 97.1 Å². The van der Waals surface area contributed by atoms with E-state index >= 15 is 0 Å². The molecule has 91 heavy (non-hydrogen) atoms. The van der Waals surface area contributed by atoms with E-state index in [-0.39, 0.29) is 87.7 Å². The van der Waals surface area contributed by atoms with Crippen molar-refractivity contribution in [1.82, 2.24) is 0 Å². The predicted octanol–water partition coefficient (Wildman–Crippen LogP) is 0.204. The van der Waals surface area contributed by atoms with Crippen molar-refractivity contribution >= 4 is 65.0 Å². The minimum absolute atomic E-state index is 0. The molecule has 2 saturated heterocycles. The van der Waals surface area contributed by atoms with Gasteiger partial charge in [-0.3, -0.25) is 38.4 Å². The van der Waals surface area contributed by atoms with Crippen LogP contribution >= 0.6 is 12.4 Å². The number of hydrogen-bond acceptors (Lipinski definition) is 27. The van der Waals surface area contributed by atoms with E-state index in [0.717, 1.165) is 0 Å². The fourth-order valence-electron chi connectivity index (χ4n) is 12.1. The number of aliphatic hydroxyl groups is 6. The quantitative estimate of drug-likeness (QED) is 0.0648. The number of carboxylic acids is 3. The number of carbonyl (C=O) groups excluding carboxylic acids is 6. The SMILES string of the molecule is COc1cccc2c1C(=O)c1c(O)c3c(c(O)c1C2=O)C[C@@](O)(C(=O)CO)C[C@@H]3O[C@H]1C[C@H](N)[C@H](O)[C@H](C)O1.COc1cccc2c1C(=O)c1c(O)c3c(c(O)c1C2=O)C[C@@](O)(C(C)=O)C[C@@H]3O[C@H]1C[C@H](N)[C@H](O)[C@H](C)O1.Cl.O=C(O)CC(O)(CC(=O)O)C(=O)O. The molecule has 0 radical (unpaired) electrons. The topological polar surface area (TPSA) is 524 Å². The lowest BCUT2D eigenvalue weighted by atomic mass is 9.72. The van der Waals surface area contributed by atoms with Crippen LogP contribution in [-0.4, -0.2) is 206 Å². The molecule has 0 spiro atoms. The average Bonchev–Trinajstić information content (AvgIpc) is 0.720. The lowest BCUT2D eigenvalue weighted by molar-refractivity contribution is -0.247. The molecule has 2 aliphatic heterocycles. The Morgan fingerprint density at radius 3 is 1.30 bits per heavy atom. The number of rotatable bonds is 14. The first-order chi connectivity index (χ1) is 42.1. The first-order valence-electron chi connectivity index (χ1n) is 27.8. The number of phenolic OH excluding ortho intramolecular Hbond substituents is 4. The summed E-state index contributed by atoms with van der Waals surface area (Å²) >= 11 is 0. The van der Waals surface area contributed by atoms with Crippen LogP contribution in [0.2, 0.25) is 0 Å². The number of Topliss-reactive ketones (excluding diaryl/α,β-unsaturated/α-hetero) is 2. The molecule has 31 heteroatoms. The van der Waals surface area contributed by atoms with Crippen molar-refractivity contribution in [2.45, 2.75) is 150 Å². The molecule has 0 amide bonds. The van der Waals surface area contributed by atoms with Gasteiger partial charge in [0.2, 0.25) is 11.6 Å². The maximum atomic E-state index is 13.6. The third-order valence-electron chi connectivity index (χ3n) is 16.9. The summed E-state index contributed by atoms with van der Waals surface area (Å²) in [6, 6.07) is 7.38. The van der Waals surface area contributed by atoms with Crippen molar-refractivity contribution in [3.63, 3.8) is 0 Å². The molecule has 0 aromatic heterocycles. The second-order valence-electron chi connectivity index (χ2n) is 22.8. The van der Waals surface area contributed by atoms with Crippen LogP contribution in [0.25, 0.3) is 0 Å². The number of aliphatic hydroxyl groups excluding tert-OH is 3. The molecule has 12 atom stereocenters. The van der Waals surface area contributed by atoms with Crippen LogP contribution in [0.3, 0.4) is 0 Å². The zero-order chi connectivity index (χ0) is 66.7. The molecule has 0 unspecified atom stereocenters. The number of methoxy groups -OCH3 is 2. The van der Waals surface area contributed by atoms with Crippen LogP contribution in [0.15, 0.2) is 36.4 Å². The highest BCUT2D eigenvalue weighted by Gasteiger charge is 2.52. The van der Waals surface area contributed by atoms with Crippen molar-refractivity contribution in [1.29, 1.82) is 0 Å². The largest absolute Gasteiger partial charge is 0.507 e. The molecule has 0 saturated carbocycles. The summed E-state index contributed by atoms with van der Waals surface area (Å²) in [5, 5.41) is 132. The molecule has 4 aliphatic carbocycles. The lowest BCUT2D eigenvalue weighted by Gasteiger charge is -2.42. The number of phenols is 4. The van der Waals surface area contributed by atoms with Gasteiger partial charge in [0.1, 0.15) is 52.3 Å². The highest BCUT2D eigenvalue weighted by Crippen LogP contribution is 2.55. The zero-order valence-corrected chi connectivity index (χ0v) is 49.9. The van der Waals surface area contributed by atoms with Crippen molar-refractivity contribution in [2.75, 3.05) is 20.8 Å². The number of ketones is 6. The van der Waals surface area contributed by atoms with Crippen LogP contribution in [-0.2, 0) is 55.8 Å². The lowest BCUT2D eigenvalue weighted by Crippen LogP contribution is -2.53. The van der Waals surface area contributed by atoms with E-state index in [9.17, 15) is 89.1 Å². The second kappa shape index (κ2) is 26.6. The number of nitrogens with two attached hydrogens (primary N) is 2. The third kappa shape index (κ3) is 12.8. The molecule has 492 valence electrons. The summed E-state index contributed by atoms with van der Waals surface area (Å²) < 4.78 is 34.1. The predicted molar refractivity (Wildman–Crippen MR) is 306 cm³/mol. The number of carboxylic acid groups (broad SMARTS) is 3. The molecule has 0 bridgehead atoms. The van der Waals surface area contributed by atoms with E-state index < -0.39 is 215 Å². The van der Waals surface area contributed by atoms with Crippen LogP contribution in [0.4, 0.5) is 0 Å². The first kappa shape index (κ1) is 70.4. The van der Waals surface area contributed by atoms with Crippen molar-refractivity contribution < 1.29 is 138 Å². The molecular formula is C60H67ClN2O28. The molecule has 6 aliphatic rings. The smallest absolute Gasteiger partial charge is 0.336 e. The molecule has 30 nitrogen and oxygen atoms in total. The maximum absolute atomic E-state index is 13.6. The monoisotopic (exact) mass is 1300 g/mol. The number of fused-ring (bicyclic) bond motifs is 6. The Morgan fingerprint density at radius 1 is 0.604 bits per heavy atom. The van der Waals surface area contributed by atoms with Gasteiger partial charge in [0.15, 0.2) is 41.3 Å². The van der Waals surface area contributed by atoms with Crippen LogP contribution in [0.1, 0.15) is 157 Å². The van der Waals surface area contributed by atoms with Gasteiger partial charge in [-0.05, 0) is 32.9 Å². The summed E-state index contributed by atoms with van der Waals surface area (Å²) in [6.07, 6.45) is -11.9. The molecule has 10 rings (SSSR count). The molecule has 4 aromatic carbocycles. The van der Waals surface area contributed by atoms with Crippen molar-refractivity contribution in [2.24, 2.45) is 11.5 Å². The maximum Gasteiger partial charge on any atom is 0.336 e. The van der Waals surface area contributed by atoms with Gasteiger partial charge >= 0.3 is 17.9 Å². The van der Waals surface area contributed by atoms with Gasteiger partial charge in [-0.15, -0.1) is 12.4 Å². The Morgan fingerprint density at radius 2 is 0.967 bits per heavy atom. The molecule has 2 heterocycles. The standard InChI is InChI=1S/C27H29NO11.C27H29NO10.C6H8O7.ClH/c1-10-22(31)13(28)6-17(38-10)39-15-8-27(36,16(30)9-29)7-12-19(15)26(35)21-20(24(12)33)23(32)11-4-3-5-14(37-2)18(11)25(21)34;1-10-22(30)14(28)7-17(37-10)38-16-9-27(35,11(2)29)8-13-19(16)26(34)21-20(24(13)32)23(31)12-5-4-6-15(36-3)18(12)25(21)33;7-3(8)1-6(13,5(11)12)2-4(9)10;/h3-5,10,13,15,17,22,29,31,33,35-36H,6-9,28H2,1-2H3;4-6,10,14,16-17,22,30,32,34-35H,7-9,28H2,1-3H3;13H,1-2H2,(H,7,8)(H,9,10)(H,11,12);1H/t10-,13-,15-,17-,22+,27-;10-,14-,16-,17-,22+,27-;;/m00../s1. The highest BCUT2D eigenvalue weighted by molar-refractivity contribution is 6.32. The molecular weight excluding hydrogens is 1230 g/mol. The summed E-state index contributed by atoms with van der Waals surface area (Å²) in [7, 11) is 2.66. The first-order valence-corrected chi connectivity index (χ1v) is 27.8. The van der Waals surface area contributed by atoms with Gasteiger partial charge in [-0.2, -0.15) is 0 Å². The molecule has 2 fully saturated rings. The third-order valence-corrected chi connectivity index (χ3v) is 16.9. The van der Waals surface area contributed by atoms with E-state index in [2.05, 4.69) is 0 Å². The van der Waals surface area contributed by atoms with Crippen LogP contribution in [0.5, 0.6) is 34.5 Å². The number of benzene rings is 4. The Hall–Kier alpha value is -8.08. The van der Waals surface area contributed by atoms with E-state index in [4.69, 9.17) is 60.3 Å². The molecule has 4 aromatic rings. The fourth-order valence-corrected chi connectivity index (χ4v) is 12.1. The van der Waals surface area contributed by atoms with Crippen LogP contribution in [0, 0.1) is 0 Å². The Kier molecular flexibility index (Phi) is 20.6. The van der Waals surface area contributed by atoms with E-state index in [0.29, 0.717) is 0 Å². The number of aliphatic carboxylic acids is 3. The number of carbonyl (C=O) groups is 9. The van der Waals surface area contributed by atoms with Gasteiger partial charge in [-0.25, -0.2) is 4.79 Å². The summed E-state index contributed by atoms with van der Waals surface area (Å²) in [5.41, 5.74) is 2.61. The number of ether oxygens (including phenoxy) is 6. The summed E-state index contributed by atoms with van der Waals surface area (Å²) in [5.74, 6) is -12.0. The van der Waals surface area contributed by atoms with Gasteiger partial charge in [0, 0.05) is 84.0 Å². The number of aromatic hydroxyl groups is 4. The fraction of sp³-hybridized carbons (Fsp3) is 0.450. The number of hydrogen-bond donors (Lipinski definition) is 15. The summed E-state index contributed by atoms with van der Waals surface area (Å²) in [4.78, 5) is 110. The van der Waals surface area contributed by atoms with Crippen LogP contribution < -0.4 is 20.9 Å². The Balaban J connectivity index is 0.000000215. The van der Waals surface area contributed by atoms with E-state index in [1.165, 1.54) is 57.5 Å². The number of halogens is 1. The van der Waals surface area contributed by atoms with Gasteiger partial charge < -0.3 is 106 Å². The average molecular weight is 1300 g/mol. The minimum atomic E-state index is -2.74. The van der Waals surface area contributed by atoms with Gasteiger partial charge in [-0.1, -0.05) is 24.3 Å². The Labute approximate surface area is 521 Å². The normalized spacial score (nSPS) is 27.0. The van der Waals surface area contributed by atoms with Gasteiger partial charge in [0.25, 0.3) is 0 Å². The van der Waals surface area contributed by atoms with Crippen molar-refractivity contribution in [3.05, 3.63) is 103 Å². The summed E-state index contributed by atoms with van der Waals surface area (Å²) in [6.45, 7) is 3.35. The highest BCUT2D eigenvalue weighted by atomic mass is 35.5. The molecule has 17 N–H and O–H groups in total. The van der Waals surface area contributed by atoms with E-state index in [1.807, 2.05) is 0 Å². The Bertz CT molecular complexity index is 3620. The minimum Gasteiger partial charge on any atom is -0.507 e. The van der Waals surface area contributed by atoms with E-state index in [1.54, 1.807) is 13.8 Å². The van der Waals surface area contributed by atoms with Crippen molar-refractivity contribution in [3.8, 4) is 34.5 Å².